The Morgan fingerprint density at radius 2 is 2.30 bits per heavy atom. The average molecular weight is 154 g/mol. The van der Waals surface area contributed by atoms with Gasteiger partial charge in [-0.1, -0.05) is 13.8 Å². The predicted molar refractivity (Wildman–Crippen MR) is 43.8 cm³/mol. The number of hydrogen-bond donors (Lipinski definition) is 0. The lowest BCUT2D eigenvalue weighted by molar-refractivity contribution is 0.112. The van der Waals surface area contributed by atoms with Gasteiger partial charge in [-0.3, -0.25) is 4.79 Å². The van der Waals surface area contributed by atoms with E-state index in [0.29, 0.717) is 5.92 Å². The molecule has 2 heteroatoms. The molecule has 0 aliphatic carbocycles. The second-order valence-corrected chi connectivity index (χ2v) is 3.46. The van der Waals surface area contributed by atoms with Gasteiger partial charge < -0.3 is 0 Å². The molecule has 0 bridgehead atoms. The first-order valence-electron chi connectivity index (χ1n) is 3.28. The Kier molecular flexibility index (Phi) is 2.22. The van der Waals surface area contributed by atoms with Crippen LogP contribution in [-0.2, 0) is 0 Å². The molecular weight excluding hydrogens is 144 g/mol. The quantitative estimate of drug-likeness (QED) is 0.598. The van der Waals surface area contributed by atoms with E-state index in [9.17, 15) is 4.79 Å². The fourth-order valence-corrected chi connectivity index (χ4v) is 1.76. The molecule has 1 rings (SSSR count). The zero-order valence-electron chi connectivity index (χ0n) is 6.13. The molecule has 0 atom stereocenters. The number of carbonyl (C=O) groups excluding carboxylic acids is 1. The highest BCUT2D eigenvalue weighted by molar-refractivity contribution is 7.11. The van der Waals surface area contributed by atoms with Crippen molar-refractivity contribution in [2.45, 2.75) is 19.8 Å². The van der Waals surface area contributed by atoms with Crippen LogP contribution in [0.5, 0.6) is 0 Å². The maximum absolute atomic E-state index is 10.4. The number of thiophene rings is 1. The summed E-state index contributed by atoms with van der Waals surface area (Å²) in [5.41, 5.74) is 1.17. The zero-order chi connectivity index (χ0) is 7.56. The molecule has 0 aromatic carbocycles. The van der Waals surface area contributed by atoms with E-state index in [2.05, 4.69) is 13.8 Å². The number of hydrogen-bond acceptors (Lipinski definition) is 2. The third-order valence-corrected chi connectivity index (χ3v) is 2.31. The molecule has 10 heavy (non-hydrogen) atoms. The maximum atomic E-state index is 10.4. The summed E-state index contributed by atoms with van der Waals surface area (Å²) in [6.07, 6.45) is 0.931. The van der Waals surface area contributed by atoms with Crippen LogP contribution < -0.4 is 0 Å². The largest absolute Gasteiger partial charge is 0.297 e. The van der Waals surface area contributed by atoms with Gasteiger partial charge in [-0.05, 0) is 22.9 Å². The number of aldehydes is 1. The molecule has 0 spiro atoms. The van der Waals surface area contributed by atoms with Crippen LogP contribution in [0, 0.1) is 0 Å². The summed E-state index contributed by atoms with van der Waals surface area (Å²) in [5, 5.41) is 1.96. The summed E-state index contributed by atoms with van der Waals surface area (Å²) >= 11 is 1.51. The van der Waals surface area contributed by atoms with Gasteiger partial charge >= 0.3 is 0 Å². The van der Waals surface area contributed by atoms with Crippen molar-refractivity contribution in [1.82, 2.24) is 0 Å². The highest BCUT2D eigenvalue weighted by Gasteiger charge is 2.05. The molecule has 1 nitrogen and oxygen atoms in total. The van der Waals surface area contributed by atoms with Crippen LogP contribution in [0.1, 0.15) is 35.0 Å². The SMILES string of the molecule is CC(C)c1ccsc1C=O. The fraction of sp³-hybridized carbons (Fsp3) is 0.375. The average Bonchev–Trinajstić information content (AvgIpc) is 2.33. The van der Waals surface area contributed by atoms with E-state index in [4.69, 9.17) is 0 Å². The Bertz CT molecular complexity index is 225. The van der Waals surface area contributed by atoms with E-state index in [1.165, 1.54) is 16.9 Å². The van der Waals surface area contributed by atoms with Crippen molar-refractivity contribution < 1.29 is 4.79 Å². The Labute approximate surface area is 64.7 Å². The van der Waals surface area contributed by atoms with E-state index in [-0.39, 0.29) is 0 Å². The van der Waals surface area contributed by atoms with Crippen molar-refractivity contribution in [2.24, 2.45) is 0 Å². The van der Waals surface area contributed by atoms with Crippen molar-refractivity contribution >= 4 is 17.6 Å². The van der Waals surface area contributed by atoms with Crippen molar-refractivity contribution in [3.8, 4) is 0 Å². The molecule has 0 aliphatic heterocycles. The Morgan fingerprint density at radius 1 is 1.60 bits per heavy atom. The van der Waals surface area contributed by atoms with Crippen molar-refractivity contribution in [3.05, 3.63) is 21.9 Å². The topological polar surface area (TPSA) is 17.1 Å². The lowest BCUT2D eigenvalue weighted by Gasteiger charge is -2.00. The summed E-state index contributed by atoms with van der Waals surface area (Å²) in [6, 6.07) is 2.01. The second-order valence-electron chi connectivity index (χ2n) is 2.51. The summed E-state index contributed by atoms with van der Waals surface area (Å²) in [5.74, 6) is 0.464. The standard InChI is InChI=1S/C8H10OS/c1-6(2)7-3-4-10-8(7)5-9/h3-6H,1-2H3. The first-order valence-corrected chi connectivity index (χ1v) is 4.16. The molecule has 1 aromatic rings. The molecule has 0 aliphatic rings. The molecule has 0 fully saturated rings. The number of carbonyl (C=O) groups is 1. The highest BCUT2D eigenvalue weighted by atomic mass is 32.1. The van der Waals surface area contributed by atoms with Crippen LogP contribution in [0.2, 0.25) is 0 Å². The van der Waals surface area contributed by atoms with E-state index in [1.807, 2.05) is 11.4 Å². The summed E-state index contributed by atoms with van der Waals surface area (Å²) in [4.78, 5) is 11.3. The molecule has 0 N–H and O–H groups in total. The third-order valence-electron chi connectivity index (χ3n) is 1.46. The highest BCUT2D eigenvalue weighted by Crippen LogP contribution is 2.22. The van der Waals surface area contributed by atoms with Gasteiger partial charge in [0.1, 0.15) is 0 Å². The van der Waals surface area contributed by atoms with E-state index < -0.39 is 0 Å². The predicted octanol–water partition coefficient (Wildman–Crippen LogP) is 2.68. The van der Waals surface area contributed by atoms with Gasteiger partial charge in [-0.15, -0.1) is 11.3 Å². The summed E-state index contributed by atoms with van der Waals surface area (Å²) in [6.45, 7) is 4.18. The normalized spacial score (nSPS) is 10.3. The van der Waals surface area contributed by atoms with Gasteiger partial charge in [0.25, 0.3) is 0 Å². The Balaban J connectivity index is 3.01. The van der Waals surface area contributed by atoms with Crippen LogP contribution in [0.3, 0.4) is 0 Å². The minimum atomic E-state index is 0.464. The van der Waals surface area contributed by atoms with Gasteiger partial charge in [-0.2, -0.15) is 0 Å². The van der Waals surface area contributed by atoms with Crippen LogP contribution in [0.4, 0.5) is 0 Å². The number of rotatable bonds is 2. The van der Waals surface area contributed by atoms with Gasteiger partial charge in [0.2, 0.25) is 0 Å². The van der Waals surface area contributed by atoms with Gasteiger partial charge in [-0.25, -0.2) is 0 Å². The van der Waals surface area contributed by atoms with Crippen LogP contribution in [0.15, 0.2) is 11.4 Å². The minimum absolute atomic E-state index is 0.464. The van der Waals surface area contributed by atoms with Crippen LogP contribution >= 0.6 is 11.3 Å². The molecule has 0 radical (unpaired) electrons. The molecule has 54 valence electrons. The van der Waals surface area contributed by atoms with Gasteiger partial charge in [0, 0.05) is 0 Å². The zero-order valence-corrected chi connectivity index (χ0v) is 6.94. The van der Waals surface area contributed by atoms with Crippen molar-refractivity contribution in [2.75, 3.05) is 0 Å². The third kappa shape index (κ3) is 1.27. The lowest BCUT2D eigenvalue weighted by atomic mass is 10.1. The smallest absolute Gasteiger partial charge is 0.160 e. The minimum Gasteiger partial charge on any atom is -0.297 e. The monoisotopic (exact) mass is 154 g/mol. The Hall–Kier alpha value is -0.630. The second kappa shape index (κ2) is 2.97. The molecule has 0 saturated heterocycles. The first-order chi connectivity index (χ1) is 4.75. The molecular formula is C8H10OS. The van der Waals surface area contributed by atoms with Crippen LogP contribution in [0.25, 0.3) is 0 Å². The van der Waals surface area contributed by atoms with Gasteiger partial charge in [0.05, 0.1) is 4.88 Å². The Morgan fingerprint density at radius 3 is 2.70 bits per heavy atom. The fourth-order valence-electron chi connectivity index (χ4n) is 0.904. The van der Waals surface area contributed by atoms with Gasteiger partial charge in [0.15, 0.2) is 6.29 Å². The van der Waals surface area contributed by atoms with E-state index >= 15 is 0 Å². The molecule has 0 amide bonds. The van der Waals surface area contributed by atoms with Crippen molar-refractivity contribution in [1.29, 1.82) is 0 Å². The molecule has 0 unspecified atom stereocenters. The maximum Gasteiger partial charge on any atom is 0.160 e. The molecule has 1 heterocycles. The first kappa shape index (κ1) is 7.48. The molecule has 0 saturated carbocycles. The van der Waals surface area contributed by atoms with E-state index in [1.54, 1.807) is 0 Å². The van der Waals surface area contributed by atoms with E-state index in [0.717, 1.165) is 11.2 Å². The lowest BCUT2D eigenvalue weighted by Crippen LogP contribution is -1.87. The summed E-state index contributed by atoms with van der Waals surface area (Å²) in [7, 11) is 0. The van der Waals surface area contributed by atoms with Crippen LogP contribution in [-0.4, -0.2) is 6.29 Å². The summed E-state index contributed by atoms with van der Waals surface area (Å²) < 4.78 is 0. The van der Waals surface area contributed by atoms with Crippen molar-refractivity contribution in [3.63, 3.8) is 0 Å². The molecule has 1 aromatic heterocycles.